The Morgan fingerprint density at radius 2 is 1.85 bits per heavy atom. The summed E-state index contributed by atoms with van der Waals surface area (Å²) in [5.41, 5.74) is -0.529. The van der Waals surface area contributed by atoms with Crippen LogP contribution in [0.25, 0.3) is 0 Å². The molecule has 7 heteroatoms. The van der Waals surface area contributed by atoms with Gasteiger partial charge in [-0.1, -0.05) is 0 Å². The summed E-state index contributed by atoms with van der Waals surface area (Å²) in [5, 5.41) is 8.60. The Morgan fingerprint density at radius 1 is 1.25 bits per heavy atom. The smallest absolute Gasteiger partial charge is 0.329 e. The van der Waals surface area contributed by atoms with Crippen molar-refractivity contribution < 1.29 is 24.2 Å². The first-order valence-electron chi connectivity index (χ1n) is 6.86. The van der Waals surface area contributed by atoms with Crippen LogP contribution in [0.15, 0.2) is 0 Å². The molecule has 1 N–H and O–H groups in total. The van der Waals surface area contributed by atoms with Crippen molar-refractivity contribution in [1.82, 2.24) is 9.80 Å². The summed E-state index contributed by atoms with van der Waals surface area (Å²) in [7, 11) is 1.70. The molecule has 2 saturated heterocycles. The number of likely N-dealkylation sites (tertiary alicyclic amines) is 2. The average Bonchev–Trinajstić information content (AvgIpc) is 2.41. The van der Waals surface area contributed by atoms with Crippen molar-refractivity contribution in [3.63, 3.8) is 0 Å². The van der Waals surface area contributed by atoms with Crippen LogP contribution in [-0.2, 0) is 14.3 Å². The van der Waals surface area contributed by atoms with E-state index in [9.17, 15) is 9.59 Å². The Balaban J connectivity index is 1.75. The number of nitrogens with zero attached hydrogens (tertiary/aromatic N) is 2. The summed E-state index contributed by atoms with van der Waals surface area (Å²) in [6.07, 6.45) is 1.98. The van der Waals surface area contributed by atoms with Gasteiger partial charge in [0.15, 0.2) is 0 Å². The molecule has 2 aliphatic heterocycles. The molecular weight excluding hydrogens is 264 g/mol. The van der Waals surface area contributed by atoms with E-state index in [1.807, 2.05) is 11.8 Å². The number of urea groups is 1. The van der Waals surface area contributed by atoms with E-state index < -0.39 is 11.6 Å². The topological polar surface area (TPSA) is 79.3 Å². The van der Waals surface area contributed by atoms with Gasteiger partial charge < -0.3 is 24.4 Å². The van der Waals surface area contributed by atoms with Gasteiger partial charge in [-0.3, -0.25) is 0 Å². The van der Waals surface area contributed by atoms with Gasteiger partial charge in [0.1, 0.15) is 12.2 Å². The van der Waals surface area contributed by atoms with Gasteiger partial charge in [-0.05, 0) is 19.8 Å². The van der Waals surface area contributed by atoms with Gasteiger partial charge in [0.2, 0.25) is 0 Å². The number of aliphatic carboxylic acids is 1. The van der Waals surface area contributed by atoms with Crippen LogP contribution in [-0.4, -0.2) is 78.5 Å². The number of carbonyl (C=O) groups is 2. The molecule has 0 aromatic carbocycles. The second kappa shape index (κ2) is 5.97. The fourth-order valence-corrected chi connectivity index (χ4v) is 2.71. The summed E-state index contributed by atoms with van der Waals surface area (Å²) in [4.78, 5) is 26.3. The van der Waals surface area contributed by atoms with Crippen LogP contribution in [0.4, 0.5) is 4.79 Å². The first-order valence-corrected chi connectivity index (χ1v) is 6.86. The lowest BCUT2D eigenvalue weighted by molar-refractivity contribution is -0.160. The van der Waals surface area contributed by atoms with Crippen LogP contribution in [0.5, 0.6) is 0 Å². The van der Waals surface area contributed by atoms with Gasteiger partial charge in [0.25, 0.3) is 0 Å². The highest BCUT2D eigenvalue weighted by atomic mass is 16.5. The van der Waals surface area contributed by atoms with E-state index in [4.69, 9.17) is 14.6 Å². The predicted octanol–water partition coefficient (Wildman–Crippen LogP) is 0.393. The van der Waals surface area contributed by atoms with Gasteiger partial charge >= 0.3 is 12.0 Å². The molecule has 0 atom stereocenters. The molecule has 2 rings (SSSR count). The van der Waals surface area contributed by atoms with E-state index in [1.165, 1.54) is 0 Å². The van der Waals surface area contributed by atoms with Crippen molar-refractivity contribution in [2.75, 3.05) is 39.9 Å². The van der Waals surface area contributed by atoms with E-state index in [0.717, 1.165) is 12.8 Å². The third kappa shape index (κ3) is 3.40. The highest BCUT2D eigenvalue weighted by Crippen LogP contribution is 2.26. The van der Waals surface area contributed by atoms with Gasteiger partial charge in [-0.2, -0.15) is 0 Å². The SMILES string of the molecule is COC1CCN(C(=O)N2CC(C)(OCC(=O)O)C2)CC1. The number of carboxylic acids is 1. The van der Waals surface area contributed by atoms with Crippen LogP contribution in [0.1, 0.15) is 19.8 Å². The lowest BCUT2D eigenvalue weighted by Crippen LogP contribution is -2.66. The zero-order chi connectivity index (χ0) is 14.8. The van der Waals surface area contributed by atoms with Crippen LogP contribution in [0.2, 0.25) is 0 Å². The third-order valence-corrected chi connectivity index (χ3v) is 3.91. The van der Waals surface area contributed by atoms with Crippen molar-refractivity contribution in [1.29, 1.82) is 0 Å². The number of amides is 2. The van der Waals surface area contributed by atoms with E-state index >= 15 is 0 Å². The number of ether oxygens (including phenoxy) is 2. The molecular formula is C13H22N2O5. The summed E-state index contributed by atoms with van der Waals surface area (Å²) < 4.78 is 10.6. The number of hydrogen-bond acceptors (Lipinski definition) is 4. The fraction of sp³-hybridized carbons (Fsp3) is 0.846. The molecule has 2 aliphatic rings. The molecule has 0 saturated carbocycles. The molecule has 0 radical (unpaired) electrons. The number of carbonyl (C=O) groups excluding carboxylic acids is 1. The maximum absolute atomic E-state index is 12.2. The molecule has 114 valence electrons. The van der Waals surface area contributed by atoms with E-state index in [1.54, 1.807) is 12.0 Å². The number of rotatable bonds is 4. The quantitative estimate of drug-likeness (QED) is 0.809. The molecule has 0 aliphatic carbocycles. The number of carboxylic acid groups (broad SMARTS) is 1. The Labute approximate surface area is 118 Å². The lowest BCUT2D eigenvalue weighted by Gasteiger charge is -2.49. The highest BCUT2D eigenvalue weighted by Gasteiger charge is 2.44. The van der Waals surface area contributed by atoms with Gasteiger partial charge in [-0.25, -0.2) is 9.59 Å². The number of methoxy groups -OCH3 is 1. The fourth-order valence-electron chi connectivity index (χ4n) is 2.71. The van der Waals surface area contributed by atoms with Gasteiger partial charge in [-0.15, -0.1) is 0 Å². The molecule has 2 fully saturated rings. The zero-order valence-electron chi connectivity index (χ0n) is 12.0. The van der Waals surface area contributed by atoms with Crippen molar-refractivity contribution >= 4 is 12.0 Å². The molecule has 0 aromatic heterocycles. The van der Waals surface area contributed by atoms with Crippen molar-refractivity contribution in [2.45, 2.75) is 31.5 Å². The first-order chi connectivity index (χ1) is 9.43. The molecule has 7 nitrogen and oxygen atoms in total. The average molecular weight is 286 g/mol. The Bertz CT molecular complexity index is 373. The lowest BCUT2D eigenvalue weighted by atomic mass is 9.96. The molecule has 0 unspecified atom stereocenters. The normalized spacial score (nSPS) is 22.5. The van der Waals surface area contributed by atoms with E-state index in [-0.39, 0.29) is 18.7 Å². The first kappa shape index (κ1) is 15.1. The van der Waals surface area contributed by atoms with E-state index in [0.29, 0.717) is 26.2 Å². The largest absolute Gasteiger partial charge is 0.480 e. The summed E-state index contributed by atoms with van der Waals surface area (Å²) >= 11 is 0. The molecule has 0 aromatic rings. The second-order valence-corrected chi connectivity index (χ2v) is 5.69. The van der Waals surface area contributed by atoms with Crippen LogP contribution < -0.4 is 0 Å². The predicted molar refractivity (Wildman–Crippen MR) is 70.6 cm³/mol. The summed E-state index contributed by atoms with van der Waals surface area (Å²) in [5.74, 6) is -0.988. The Hall–Kier alpha value is -1.34. The van der Waals surface area contributed by atoms with Gasteiger partial charge in [0, 0.05) is 20.2 Å². The zero-order valence-corrected chi connectivity index (χ0v) is 12.0. The highest BCUT2D eigenvalue weighted by molar-refractivity contribution is 5.76. The maximum atomic E-state index is 12.2. The number of hydrogen-bond donors (Lipinski definition) is 1. The second-order valence-electron chi connectivity index (χ2n) is 5.69. The van der Waals surface area contributed by atoms with Crippen LogP contribution >= 0.6 is 0 Å². The Morgan fingerprint density at radius 3 is 2.35 bits per heavy atom. The van der Waals surface area contributed by atoms with Crippen molar-refractivity contribution in [2.24, 2.45) is 0 Å². The minimum Gasteiger partial charge on any atom is -0.480 e. The minimum atomic E-state index is -0.988. The Kier molecular flexibility index (Phi) is 4.49. The monoisotopic (exact) mass is 286 g/mol. The van der Waals surface area contributed by atoms with E-state index in [2.05, 4.69) is 0 Å². The molecule has 0 spiro atoms. The molecule has 2 amide bonds. The summed E-state index contributed by atoms with van der Waals surface area (Å²) in [6.45, 7) is 3.82. The minimum absolute atomic E-state index is 0.0101. The maximum Gasteiger partial charge on any atom is 0.329 e. The van der Waals surface area contributed by atoms with Crippen molar-refractivity contribution in [3.05, 3.63) is 0 Å². The molecule has 0 bridgehead atoms. The van der Waals surface area contributed by atoms with Crippen molar-refractivity contribution in [3.8, 4) is 0 Å². The molecule has 2 heterocycles. The summed E-state index contributed by atoms with van der Waals surface area (Å²) in [6, 6.07) is 0.0101. The molecule has 20 heavy (non-hydrogen) atoms. The number of piperidine rings is 1. The van der Waals surface area contributed by atoms with Crippen LogP contribution in [0, 0.1) is 0 Å². The standard InChI is InChI=1S/C13H22N2O5/c1-13(20-7-11(16)17)8-15(9-13)12(18)14-5-3-10(19-2)4-6-14/h10H,3-9H2,1-2H3,(H,16,17). The van der Waals surface area contributed by atoms with Crippen LogP contribution in [0.3, 0.4) is 0 Å². The van der Waals surface area contributed by atoms with Gasteiger partial charge in [0.05, 0.1) is 19.2 Å². The third-order valence-electron chi connectivity index (χ3n) is 3.91.